The lowest BCUT2D eigenvalue weighted by Crippen LogP contribution is -2.31. The predicted molar refractivity (Wildman–Crippen MR) is 89.1 cm³/mol. The van der Waals surface area contributed by atoms with Gasteiger partial charge in [0.15, 0.2) is 0 Å². The summed E-state index contributed by atoms with van der Waals surface area (Å²) in [5.74, 6) is 0. The van der Waals surface area contributed by atoms with Gasteiger partial charge in [0.05, 0.1) is 20.6 Å². The number of hydrogen-bond acceptors (Lipinski definition) is 2. The highest BCUT2D eigenvalue weighted by atomic mass is 35.5. The zero-order valence-corrected chi connectivity index (χ0v) is 13.9. The van der Waals surface area contributed by atoms with Gasteiger partial charge >= 0.3 is 0 Å². The lowest BCUT2D eigenvalue weighted by molar-refractivity contribution is 0.580. The molecule has 1 aromatic heterocycles. The van der Waals surface area contributed by atoms with Crippen LogP contribution in [0.15, 0.2) is 41.6 Å². The van der Waals surface area contributed by atoms with Crippen LogP contribution in [0.2, 0.25) is 5.02 Å². The van der Waals surface area contributed by atoms with E-state index in [0.29, 0.717) is 23.0 Å². The third-order valence-corrected chi connectivity index (χ3v) is 5.91. The van der Waals surface area contributed by atoms with Crippen LogP contribution in [-0.2, 0) is 22.0 Å². The molecular weight excluding hydrogens is 304 g/mol. The van der Waals surface area contributed by atoms with Gasteiger partial charge in [0.2, 0.25) is 0 Å². The van der Waals surface area contributed by atoms with Crippen LogP contribution >= 0.6 is 11.6 Å². The van der Waals surface area contributed by atoms with Crippen molar-refractivity contribution >= 4 is 22.4 Å². The van der Waals surface area contributed by atoms with Crippen molar-refractivity contribution in [3.05, 3.63) is 52.7 Å². The number of nitrogens with one attached hydrogen (secondary N) is 1. The molecular formula is C16H21ClN2OS. The van der Waals surface area contributed by atoms with Crippen molar-refractivity contribution in [1.29, 1.82) is 0 Å². The van der Waals surface area contributed by atoms with Gasteiger partial charge in [-0.05, 0) is 43.5 Å². The van der Waals surface area contributed by atoms with Gasteiger partial charge in [-0.2, -0.15) is 0 Å². The van der Waals surface area contributed by atoms with Crippen LogP contribution in [0.4, 0.5) is 0 Å². The summed E-state index contributed by atoms with van der Waals surface area (Å²) in [6.07, 6.45) is 3.25. The third kappa shape index (κ3) is 3.39. The van der Waals surface area contributed by atoms with E-state index in [-0.39, 0.29) is 0 Å². The van der Waals surface area contributed by atoms with E-state index in [2.05, 4.69) is 24.0 Å². The van der Waals surface area contributed by atoms with Crippen molar-refractivity contribution in [3.8, 4) is 0 Å². The standard InChI is InChI=1S/C16H21ClN2OS/c1-3-12-5-4-6-13(9-12)16(2,7-8-18)21(20)15-10-14(17)11-19-15/h4-6,9-11,19H,3,7-8,18H2,1-2H3. The monoisotopic (exact) mass is 324 g/mol. The van der Waals surface area contributed by atoms with Crippen molar-refractivity contribution < 1.29 is 4.21 Å². The van der Waals surface area contributed by atoms with E-state index in [4.69, 9.17) is 17.3 Å². The Kier molecular flexibility index (Phi) is 5.25. The topological polar surface area (TPSA) is 58.9 Å². The molecule has 1 heterocycles. The number of nitrogens with two attached hydrogens (primary N) is 1. The minimum Gasteiger partial charge on any atom is -0.353 e. The lowest BCUT2D eigenvalue weighted by atomic mass is 9.94. The Morgan fingerprint density at radius 2 is 2.14 bits per heavy atom. The second kappa shape index (κ2) is 6.77. The Labute approximate surface area is 133 Å². The molecule has 0 saturated heterocycles. The zero-order chi connectivity index (χ0) is 15.5. The fourth-order valence-corrected chi connectivity index (χ4v) is 4.20. The number of aromatic nitrogens is 1. The third-order valence-electron chi connectivity index (χ3n) is 3.80. The normalized spacial score (nSPS) is 15.6. The van der Waals surface area contributed by atoms with E-state index in [0.717, 1.165) is 12.0 Å². The van der Waals surface area contributed by atoms with Crippen LogP contribution < -0.4 is 5.73 Å². The Morgan fingerprint density at radius 1 is 1.38 bits per heavy atom. The molecule has 1 aromatic carbocycles. The number of aryl methyl sites for hydroxylation is 1. The molecule has 3 N–H and O–H groups in total. The first-order valence-corrected chi connectivity index (χ1v) is 8.59. The fourth-order valence-electron chi connectivity index (χ4n) is 2.44. The summed E-state index contributed by atoms with van der Waals surface area (Å²) in [5.41, 5.74) is 8.06. The highest BCUT2D eigenvalue weighted by Gasteiger charge is 2.34. The summed E-state index contributed by atoms with van der Waals surface area (Å²) in [6, 6.07) is 9.97. The summed E-state index contributed by atoms with van der Waals surface area (Å²) in [7, 11) is -1.25. The molecule has 0 aliphatic carbocycles. The number of halogens is 1. The van der Waals surface area contributed by atoms with Crippen molar-refractivity contribution in [2.24, 2.45) is 5.73 Å². The van der Waals surface area contributed by atoms with E-state index >= 15 is 0 Å². The molecule has 3 nitrogen and oxygen atoms in total. The van der Waals surface area contributed by atoms with E-state index in [1.165, 1.54) is 5.56 Å². The molecule has 2 unspecified atom stereocenters. The summed E-state index contributed by atoms with van der Waals surface area (Å²) in [6.45, 7) is 4.59. The van der Waals surface area contributed by atoms with Crippen LogP contribution in [0.5, 0.6) is 0 Å². The van der Waals surface area contributed by atoms with Crippen LogP contribution in [0.3, 0.4) is 0 Å². The summed E-state index contributed by atoms with van der Waals surface area (Å²) >= 11 is 5.93. The number of benzene rings is 1. The maximum atomic E-state index is 13.0. The summed E-state index contributed by atoms with van der Waals surface area (Å²) in [5, 5.41) is 1.20. The smallest absolute Gasteiger partial charge is 0.106 e. The van der Waals surface area contributed by atoms with Gasteiger partial charge in [-0.25, -0.2) is 0 Å². The van der Waals surface area contributed by atoms with E-state index in [9.17, 15) is 4.21 Å². The second-order valence-electron chi connectivity index (χ2n) is 5.27. The number of H-pyrrole nitrogens is 1. The molecule has 114 valence electrons. The molecule has 21 heavy (non-hydrogen) atoms. The lowest BCUT2D eigenvalue weighted by Gasteiger charge is -2.29. The quantitative estimate of drug-likeness (QED) is 0.853. The Hall–Kier alpha value is -1.10. The largest absolute Gasteiger partial charge is 0.353 e. The van der Waals surface area contributed by atoms with E-state index < -0.39 is 15.5 Å². The molecule has 0 aliphatic heterocycles. The first kappa shape index (κ1) is 16.3. The zero-order valence-electron chi connectivity index (χ0n) is 12.4. The van der Waals surface area contributed by atoms with E-state index in [1.54, 1.807) is 12.3 Å². The molecule has 0 fully saturated rings. The van der Waals surface area contributed by atoms with Crippen LogP contribution in [0, 0.1) is 0 Å². The Bertz CT molecular complexity index is 641. The molecule has 2 atom stereocenters. The number of aromatic amines is 1. The molecule has 2 aromatic rings. The average molecular weight is 325 g/mol. The number of hydrogen-bond donors (Lipinski definition) is 2. The molecule has 0 aliphatic rings. The number of rotatable bonds is 6. The van der Waals surface area contributed by atoms with Crippen LogP contribution in [-0.4, -0.2) is 15.7 Å². The van der Waals surface area contributed by atoms with E-state index in [1.807, 2.05) is 19.1 Å². The molecule has 2 rings (SSSR count). The molecule has 5 heteroatoms. The van der Waals surface area contributed by atoms with Crippen molar-refractivity contribution in [1.82, 2.24) is 4.98 Å². The maximum Gasteiger partial charge on any atom is 0.106 e. The van der Waals surface area contributed by atoms with Gasteiger partial charge in [-0.1, -0.05) is 42.8 Å². The Balaban J connectivity index is 2.46. The van der Waals surface area contributed by atoms with Gasteiger partial charge in [0.1, 0.15) is 5.03 Å². The fraction of sp³-hybridized carbons (Fsp3) is 0.375. The highest BCUT2D eigenvalue weighted by Crippen LogP contribution is 2.35. The maximum absolute atomic E-state index is 13.0. The van der Waals surface area contributed by atoms with Gasteiger partial charge in [-0.3, -0.25) is 4.21 Å². The first-order valence-electron chi connectivity index (χ1n) is 7.06. The van der Waals surface area contributed by atoms with Gasteiger partial charge in [-0.15, -0.1) is 0 Å². The molecule has 0 spiro atoms. The molecule has 0 amide bonds. The highest BCUT2D eigenvalue weighted by molar-refractivity contribution is 7.86. The second-order valence-corrected chi connectivity index (χ2v) is 7.59. The van der Waals surface area contributed by atoms with Gasteiger partial charge in [0, 0.05) is 6.20 Å². The predicted octanol–water partition coefficient (Wildman–Crippen LogP) is 3.60. The molecule has 0 radical (unpaired) electrons. The summed E-state index contributed by atoms with van der Waals surface area (Å²) in [4.78, 5) is 2.99. The summed E-state index contributed by atoms with van der Waals surface area (Å²) < 4.78 is 12.5. The minimum absolute atomic E-state index is 0.479. The van der Waals surface area contributed by atoms with Crippen molar-refractivity contribution in [2.75, 3.05) is 6.54 Å². The minimum atomic E-state index is -1.25. The Morgan fingerprint density at radius 3 is 2.71 bits per heavy atom. The SMILES string of the molecule is CCc1cccc(C(C)(CCN)S(=O)c2cc(Cl)c[nH]2)c1. The average Bonchev–Trinajstić information content (AvgIpc) is 2.93. The molecule has 0 saturated carbocycles. The molecule has 0 bridgehead atoms. The van der Waals surface area contributed by atoms with Crippen molar-refractivity contribution in [2.45, 2.75) is 36.5 Å². The van der Waals surface area contributed by atoms with Gasteiger partial charge in [0.25, 0.3) is 0 Å². The van der Waals surface area contributed by atoms with Crippen molar-refractivity contribution in [3.63, 3.8) is 0 Å². The van der Waals surface area contributed by atoms with Crippen LogP contribution in [0.25, 0.3) is 0 Å². The van der Waals surface area contributed by atoms with Crippen LogP contribution in [0.1, 0.15) is 31.4 Å². The first-order chi connectivity index (χ1) is 10.0. The van der Waals surface area contributed by atoms with Gasteiger partial charge < -0.3 is 10.7 Å².